The number of amides is 2. The highest BCUT2D eigenvalue weighted by Crippen LogP contribution is 2.22. The number of carbonyl (C=O) groups excluding carboxylic acids is 1. The van der Waals surface area contributed by atoms with Gasteiger partial charge in [0.1, 0.15) is 11.6 Å². The number of carbonyl (C=O) groups is 1. The number of urea groups is 1. The van der Waals surface area contributed by atoms with Crippen LogP contribution in [-0.2, 0) is 0 Å². The molecule has 0 saturated heterocycles. The van der Waals surface area contributed by atoms with Crippen molar-refractivity contribution >= 4 is 11.7 Å². The van der Waals surface area contributed by atoms with Gasteiger partial charge in [-0.25, -0.2) is 9.18 Å². The number of nitrogens with zero attached hydrogens (tertiary/aromatic N) is 1. The molecule has 6 heteroatoms. The summed E-state index contributed by atoms with van der Waals surface area (Å²) in [5.41, 5.74) is 1.01. The van der Waals surface area contributed by atoms with Crippen LogP contribution in [0.25, 0.3) is 0 Å². The second-order valence-corrected chi connectivity index (χ2v) is 5.91. The van der Waals surface area contributed by atoms with Gasteiger partial charge in [-0.2, -0.15) is 0 Å². The minimum absolute atomic E-state index is 0.0998. The zero-order valence-corrected chi connectivity index (χ0v) is 14.0. The quantitative estimate of drug-likeness (QED) is 0.836. The Hall–Kier alpha value is -2.63. The number of hydrogen-bond donors (Lipinski definition) is 2. The minimum atomic E-state index is -0.550. The monoisotopic (exact) mass is 331 g/mol. The van der Waals surface area contributed by atoms with Crippen LogP contribution in [-0.4, -0.2) is 18.1 Å². The van der Waals surface area contributed by atoms with Gasteiger partial charge in [0.2, 0.25) is 0 Å². The Kier molecular flexibility index (Phi) is 6.12. The summed E-state index contributed by atoms with van der Waals surface area (Å²) >= 11 is 0. The number of nitrogens with one attached hydrogen (secondary N) is 2. The molecule has 1 aromatic carbocycles. The van der Waals surface area contributed by atoms with Crippen LogP contribution in [0.4, 0.5) is 14.9 Å². The van der Waals surface area contributed by atoms with Crippen LogP contribution >= 0.6 is 0 Å². The lowest BCUT2D eigenvalue weighted by Gasteiger charge is -2.21. The molecule has 2 rings (SSSR count). The van der Waals surface area contributed by atoms with Crippen molar-refractivity contribution in [3.8, 4) is 5.75 Å². The van der Waals surface area contributed by atoms with Gasteiger partial charge in [-0.3, -0.25) is 4.98 Å². The zero-order valence-electron chi connectivity index (χ0n) is 14.0. The highest BCUT2D eigenvalue weighted by molar-refractivity contribution is 5.89. The molecule has 0 aliphatic rings. The number of anilines is 1. The first-order valence-corrected chi connectivity index (χ1v) is 7.80. The SMILES string of the molecule is COc1ccc(NC(=O)NC(CC(C)C)c2cccnc2)c(F)c1. The fraction of sp³-hybridized carbons (Fsp3) is 0.333. The minimum Gasteiger partial charge on any atom is -0.497 e. The molecule has 0 bridgehead atoms. The third-order valence-corrected chi connectivity index (χ3v) is 3.52. The summed E-state index contributed by atoms with van der Waals surface area (Å²) in [5, 5.41) is 5.41. The van der Waals surface area contributed by atoms with Gasteiger partial charge in [0.05, 0.1) is 18.8 Å². The smallest absolute Gasteiger partial charge is 0.319 e. The fourth-order valence-corrected chi connectivity index (χ4v) is 2.37. The summed E-state index contributed by atoms with van der Waals surface area (Å²) in [6.07, 6.45) is 4.16. The van der Waals surface area contributed by atoms with Crippen molar-refractivity contribution in [2.24, 2.45) is 5.92 Å². The predicted octanol–water partition coefficient (Wildman–Crippen LogP) is 4.14. The molecule has 1 unspecified atom stereocenters. The summed E-state index contributed by atoms with van der Waals surface area (Å²) in [7, 11) is 1.46. The van der Waals surface area contributed by atoms with Crippen molar-refractivity contribution in [1.82, 2.24) is 10.3 Å². The molecule has 0 aliphatic heterocycles. The molecule has 0 aliphatic carbocycles. The first-order valence-electron chi connectivity index (χ1n) is 7.80. The standard InChI is InChI=1S/C18H22FN3O2/c1-12(2)9-17(13-5-4-8-20-11-13)22-18(23)21-16-7-6-14(24-3)10-15(16)19/h4-8,10-12,17H,9H2,1-3H3,(H2,21,22,23). The van der Waals surface area contributed by atoms with Crippen LogP contribution in [0.3, 0.4) is 0 Å². The summed E-state index contributed by atoms with van der Waals surface area (Å²) in [4.78, 5) is 16.3. The molecule has 0 saturated carbocycles. The molecule has 2 aromatic rings. The van der Waals surface area contributed by atoms with Crippen LogP contribution in [0.1, 0.15) is 31.9 Å². The Morgan fingerprint density at radius 1 is 1.33 bits per heavy atom. The van der Waals surface area contributed by atoms with E-state index in [4.69, 9.17) is 4.74 Å². The second kappa shape index (κ2) is 8.29. The Morgan fingerprint density at radius 3 is 2.71 bits per heavy atom. The average molecular weight is 331 g/mol. The van der Waals surface area contributed by atoms with Gasteiger partial charge in [0.25, 0.3) is 0 Å². The number of rotatable bonds is 6. The average Bonchev–Trinajstić information content (AvgIpc) is 2.56. The molecule has 0 fully saturated rings. The van der Waals surface area contributed by atoms with Gasteiger partial charge in [-0.15, -0.1) is 0 Å². The lowest BCUT2D eigenvalue weighted by Crippen LogP contribution is -2.33. The number of pyridine rings is 1. The highest BCUT2D eigenvalue weighted by atomic mass is 19.1. The maximum atomic E-state index is 13.9. The highest BCUT2D eigenvalue weighted by Gasteiger charge is 2.17. The molecule has 1 heterocycles. The van der Waals surface area contributed by atoms with Gasteiger partial charge in [0, 0.05) is 18.5 Å². The molecular formula is C18H22FN3O2. The molecular weight excluding hydrogens is 309 g/mol. The number of aromatic nitrogens is 1. The molecule has 1 aromatic heterocycles. The number of methoxy groups -OCH3 is 1. The molecule has 0 radical (unpaired) electrons. The maximum Gasteiger partial charge on any atom is 0.319 e. The van der Waals surface area contributed by atoms with Gasteiger partial charge >= 0.3 is 6.03 Å². The van der Waals surface area contributed by atoms with Crippen LogP contribution < -0.4 is 15.4 Å². The number of ether oxygens (including phenoxy) is 1. The molecule has 5 nitrogen and oxygen atoms in total. The largest absolute Gasteiger partial charge is 0.497 e. The van der Waals surface area contributed by atoms with Gasteiger partial charge < -0.3 is 15.4 Å². The normalized spacial score (nSPS) is 11.9. The van der Waals surface area contributed by atoms with Crippen LogP contribution in [0.2, 0.25) is 0 Å². The van der Waals surface area contributed by atoms with Crippen LogP contribution in [0.5, 0.6) is 5.75 Å². The van der Waals surface area contributed by atoms with E-state index in [9.17, 15) is 9.18 Å². The maximum absolute atomic E-state index is 13.9. The summed E-state index contributed by atoms with van der Waals surface area (Å²) in [5.74, 6) is 0.228. The molecule has 128 valence electrons. The van der Waals surface area contributed by atoms with E-state index in [1.165, 1.54) is 19.2 Å². The summed E-state index contributed by atoms with van der Waals surface area (Å²) in [6.45, 7) is 4.15. The third kappa shape index (κ3) is 4.94. The second-order valence-electron chi connectivity index (χ2n) is 5.91. The fourth-order valence-electron chi connectivity index (χ4n) is 2.37. The number of benzene rings is 1. The van der Waals surface area contributed by atoms with E-state index in [1.54, 1.807) is 18.5 Å². The first-order chi connectivity index (χ1) is 11.5. The topological polar surface area (TPSA) is 63.2 Å². The number of hydrogen-bond acceptors (Lipinski definition) is 3. The summed E-state index contributed by atoms with van der Waals surface area (Å²) in [6, 6.07) is 7.36. The van der Waals surface area contributed by atoms with Crippen molar-refractivity contribution < 1.29 is 13.9 Å². The van der Waals surface area contributed by atoms with E-state index in [0.717, 1.165) is 12.0 Å². The lowest BCUT2D eigenvalue weighted by molar-refractivity contribution is 0.246. The lowest BCUT2D eigenvalue weighted by atomic mass is 9.98. The predicted molar refractivity (Wildman–Crippen MR) is 91.5 cm³/mol. The molecule has 2 amide bonds. The number of halogens is 1. The van der Waals surface area contributed by atoms with Crippen molar-refractivity contribution in [2.75, 3.05) is 12.4 Å². The zero-order chi connectivity index (χ0) is 17.5. The van der Waals surface area contributed by atoms with Crippen molar-refractivity contribution in [1.29, 1.82) is 0 Å². The van der Waals surface area contributed by atoms with E-state index in [-0.39, 0.29) is 11.7 Å². The molecule has 2 N–H and O–H groups in total. The van der Waals surface area contributed by atoms with Gasteiger partial charge in [-0.1, -0.05) is 19.9 Å². The van der Waals surface area contributed by atoms with Crippen LogP contribution in [0, 0.1) is 11.7 Å². The van der Waals surface area contributed by atoms with E-state index in [0.29, 0.717) is 11.7 Å². The van der Waals surface area contributed by atoms with E-state index in [2.05, 4.69) is 29.5 Å². The third-order valence-electron chi connectivity index (χ3n) is 3.52. The van der Waals surface area contributed by atoms with Gasteiger partial charge in [-0.05, 0) is 36.1 Å². The Bertz CT molecular complexity index is 677. The molecule has 0 spiro atoms. The van der Waals surface area contributed by atoms with E-state index >= 15 is 0 Å². The van der Waals surface area contributed by atoms with E-state index in [1.807, 2.05) is 12.1 Å². The Morgan fingerprint density at radius 2 is 2.12 bits per heavy atom. The van der Waals surface area contributed by atoms with Gasteiger partial charge in [0.15, 0.2) is 0 Å². The van der Waals surface area contributed by atoms with Crippen molar-refractivity contribution in [3.63, 3.8) is 0 Å². The Balaban J connectivity index is 2.08. The van der Waals surface area contributed by atoms with Crippen molar-refractivity contribution in [3.05, 3.63) is 54.1 Å². The Labute approximate surface area is 141 Å². The molecule has 1 atom stereocenters. The molecule has 24 heavy (non-hydrogen) atoms. The van der Waals surface area contributed by atoms with E-state index < -0.39 is 11.8 Å². The van der Waals surface area contributed by atoms with Crippen LogP contribution in [0.15, 0.2) is 42.7 Å². The first kappa shape index (κ1) is 17.7. The van der Waals surface area contributed by atoms with Crippen molar-refractivity contribution in [2.45, 2.75) is 26.3 Å². The summed E-state index contributed by atoms with van der Waals surface area (Å²) < 4.78 is 18.9.